The van der Waals surface area contributed by atoms with Crippen LogP contribution in [0, 0.1) is 11.8 Å². The molecule has 86 valence electrons. The van der Waals surface area contributed by atoms with Gasteiger partial charge in [-0.15, -0.1) is 0 Å². The summed E-state index contributed by atoms with van der Waals surface area (Å²) in [6.07, 6.45) is 12.9. The lowest BCUT2D eigenvalue weighted by Gasteiger charge is -2.26. The number of allylic oxidation sites excluding steroid dienone is 1. The second-order valence-electron chi connectivity index (χ2n) is 5.34. The third-order valence-corrected chi connectivity index (χ3v) is 4.43. The lowest BCUT2D eigenvalue weighted by molar-refractivity contribution is 0.326. The first kappa shape index (κ1) is 11.2. The van der Waals surface area contributed by atoms with Crippen LogP contribution in [0.3, 0.4) is 0 Å². The Balaban J connectivity index is 1.84. The molecule has 1 heteroatoms. The van der Waals surface area contributed by atoms with Gasteiger partial charge in [0.2, 0.25) is 0 Å². The van der Waals surface area contributed by atoms with Crippen LogP contribution in [0.25, 0.3) is 0 Å². The van der Waals surface area contributed by atoms with Gasteiger partial charge in [-0.2, -0.15) is 0 Å². The lowest BCUT2D eigenvalue weighted by Crippen LogP contribution is -2.40. The minimum atomic E-state index is 0.668. The maximum atomic E-state index is 3.85. The monoisotopic (exact) mass is 207 g/mol. The van der Waals surface area contributed by atoms with Crippen LogP contribution in [0.1, 0.15) is 52.4 Å². The summed E-state index contributed by atoms with van der Waals surface area (Å²) in [5.74, 6) is 1.85. The molecule has 2 aliphatic rings. The summed E-state index contributed by atoms with van der Waals surface area (Å²) in [6.45, 7) is 4.77. The van der Waals surface area contributed by atoms with Gasteiger partial charge >= 0.3 is 0 Å². The SMILES string of the molecule is CCC1CCC(NC2C=CCCC2)C1C. The summed E-state index contributed by atoms with van der Waals surface area (Å²) >= 11 is 0. The van der Waals surface area contributed by atoms with Crippen LogP contribution in [-0.2, 0) is 0 Å². The molecule has 0 spiro atoms. The van der Waals surface area contributed by atoms with Crippen LogP contribution in [0.4, 0.5) is 0 Å². The topological polar surface area (TPSA) is 12.0 Å². The van der Waals surface area contributed by atoms with Crippen molar-refractivity contribution in [2.75, 3.05) is 0 Å². The average Bonchev–Trinajstić information content (AvgIpc) is 2.62. The molecule has 0 saturated heterocycles. The summed E-state index contributed by atoms with van der Waals surface area (Å²) in [6, 6.07) is 1.45. The molecule has 1 nitrogen and oxygen atoms in total. The molecule has 0 aromatic carbocycles. The van der Waals surface area contributed by atoms with E-state index in [9.17, 15) is 0 Å². The van der Waals surface area contributed by atoms with Gasteiger partial charge in [0.15, 0.2) is 0 Å². The quantitative estimate of drug-likeness (QED) is 0.698. The van der Waals surface area contributed by atoms with Gasteiger partial charge in [0.05, 0.1) is 0 Å². The van der Waals surface area contributed by atoms with E-state index in [1.54, 1.807) is 0 Å². The van der Waals surface area contributed by atoms with Crippen LogP contribution < -0.4 is 5.32 Å². The Morgan fingerprint density at radius 1 is 1.27 bits per heavy atom. The molecule has 0 bridgehead atoms. The fourth-order valence-corrected chi connectivity index (χ4v) is 3.29. The van der Waals surface area contributed by atoms with Crippen molar-refractivity contribution in [2.45, 2.75) is 64.5 Å². The van der Waals surface area contributed by atoms with Gasteiger partial charge in [0.1, 0.15) is 0 Å². The van der Waals surface area contributed by atoms with E-state index in [1.807, 2.05) is 0 Å². The van der Waals surface area contributed by atoms with Gasteiger partial charge in [-0.25, -0.2) is 0 Å². The van der Waals surface area contributed by atoms with E-state index in [0.717, 1.165) is 17.9 Å². The highest BCUT2D eigenvalue weighted by molar-refractivity contribution is 5.00. The van der Waals surface area contributed by atoms with E-state index < -0.39 is 0 Å². The van der Waals surface area contributed by atoms with Crippen molar-refractivity contribution in [2.24, 2.45) is 11.8 Å². The molecule has 4 atom stereocenters. The Bertz CT molecular complexity index is 221. The van der Waals surface area contributed by atoms with E-state index >= 15 is 0 Å². The molecule has 0 radical (unpaired) electrons. The fraction of sp³-hybridized carbons (Fsp3) is 0.857. The van der Waals surface area contributed by atoms with Crippen LogP contribution in [0.5, 0.6) is 0 Å². The predicted octanol–water partition coefficient (Wildman–Crippen LogP) is 3.51. The Kier molecular flexibility index (Phi) is 3.85. The van der Waals surface area contributed by atoms with Gasteiger partial charge in [0.25, 0.3) is 0 Å². The third kappa shape index (κ3) is 2.63. The molecule has 0 aromatic rings. The highest BCUT2D eigenvalue weighted by Crippen LogP contribution is 2.34. The normalized spacial score (nSPS) is 40.9. The van der Waals surface area contributed by atoms with Gasteiger partial charge < -0.3 is 5.32 Å². The van der Waals surface area contributed by atoms with Crippen molar-refractivity contribution >= 4 is 0 Å². The molecular formula is C14H25N. The molecular weight excluding hydrogens is 182 g/mol. The predicted molar refractivity (Wildman–Crippen MR) is 65.9 cm³/mol. The molecule has 2 aliphatic carbocycles. The van der Waals surface area contributed by atoms with E-state index in [-0.39, 0.29) is 0 Å². The van der Waals surface area contributed by atoms with Crippen molar-refractivity contribution in [3.8, 4) is 0 Å². The Morgan fingerprint density at radius 3 is 2.73 bits per heavy atom. The summed E-state index contributed by atoms with van der Waals surface area (Å²) < 4.78 is 0. The third-order valence-electron chi connectivity index (χ3n) is 4.43. The van der Waals surface area contributed by atoms with Crippen molar-refractivity contribution in [3.63, 3.8) is 0 Å². The zero-order valence-electron chi connectivity index (χ0n) is 10.2. The number of hydrogen-bond donors (Lipinski definition) is 1. The summed E-state index contributed by atoms with van der Waals surface area (Å²) in [7, 11) is 0. The first-order chi connectivity index (χ1) is 7.31. The second-order valence-corrected chi connectivity index (χ2v) is 5.34. The fourth-order valence-electron chi connectivity index (χ4n) is 3.29. The van der Waals surface area contributed by atoms with E-state index in [2.05, 4.69) is 31.3 Å². The van der Waals surface area contributed by atoms with Crippen LogP contribution in [0.15, 0.2) is 12.2 Å². The molecule has 0 heterocycles. The number of hydrogen-bond acceptors (Lipinski definition) is 1. The van der Waals surface area contributed by atoms with Crippen molar-refractivity contribution in [3.05, 3.63) is 12.2 Å². The second kappa shape index (κ2) is 5.16. The standard InChI is InChI=1S/C14H25N/c1-3-12-9-10-14(11(12)2)15-13-7-5-4-6-8-13/h5,7,11-15H,3-4,6,8-10H2,1-2H3. The van der Waals surface area contributed by atoms with E-state index in [0.29, 0.717) is 6.04 Å². The zero-order chi connectivity index (χ0) is 10.7. The van der Waals surface area contributed by atoms with E-state index in [4.69, 9.17) is 0 Å². The molecule has 1 N–H and O–H groups in total. The summed E-state index contributed by atoms with van der Waals surface area (Å²) in [5.41, 5.74) is 0. The highest BCUT2D eigenvalue weighted by atomic mass is 15.0. The zero-order valence-corrected chi connectivity index (χ0v) is 10.2. The van der Waals surface area contributed by atoms with Gasteiger partial charge in [-0.3, -0.25) is 0 Å². The van der Waals surface area contributed by atoms with Crippen molar-refractivity contribution < 1.29 is 0 Å². The first-order valence-electron chi connectivity index (χ1n) is 6.74. The molecule has 2 rings (SSSR count). The van der Waals surface area contributed by atoms with Gasteiger partial charge in [-0.1, -0.05) is 32.4 Å². The minimum Gasteiger partial charge on any atom is -0.307 e. The van der Waals surface area contributed by atoms with Crippen molar-refractivity contribution in [1.29, 1.82) is 0 Å². The molecule has 0 amide bonds. The maximum Gasteiger partial charge on any atom is 0.0252 e. The molecule has 4 unspecified atom stereocenters. The smallest absolute Gasteiger partial charge is 0.0252 e. The largest absolute Gasteiger partial charge is 0.307 e. The Hall–Kier alpha value is -0.300. The van der Waals surface area contributed by atoms with Gasteiger partial charge in [-0.05, 0) is 43.9 Å². The molecule has 0 aliphatic heterocycles. The molecule has 0 aromatic heterocycles. The average molecular weight is 207 g/mol. The summed E-state index contributed by atoms with van der Waals surface area (Å²) in [5, 5.41) is 3.85. The summed E-state index contributed by atoms with van der Waals surface area (Å²) in [4.78, 5) is 0. The van der Waals surface area contributed by atoms with Crippen LogP contribution >= 0.6 is 0 Å². The Labute approximate surface area is 94.3 Å². The van der Waals surface area contributed by atoms with Crippen molar-refractivity contribution in [1.82, 2.24) is 5.32 Å². The first-order valence-corrected chi connectivity index (χ1v) is 6.74. The number of nitrogens with one attached hydrogen (secondary N) is 1. The maximum absolute atomic E-state index is 3.85. The molecule has 15 heavy (non-hydrogen) atoms. The molecule has 1 saturated carbocycles. The highest BCUT2D eigenvalue weighted by Gasteiger charge is 2.32. The lowest BCUT2D eigenvalue weighted by atomic mass is 9.92. The number of rotatable bonds is 3. The Morgan fingerprint density at radius 2 is 2.13 bits per heavy atom. The van der Waals surface area contributed by atoms with E-state index in [1.165, 1.54) is 38.5 Å². The van der Waals surface area contributed by atoms with Gasteiger partial charge in [0, 0.05) is 12.1 Å². The van der Waals surface area contributed by atoms with Crippen LogP contribution in [-0.4, -0.2) is 12.1 Å². The minimum absolute atomic E-state index is 0.668. The molecule has 1 fully saturated rings. The van der Waals surface area contributed by atoms with Crippen LogP contribution in [0.2, 0.25) is 0 Å².